The van der Waals surface area contributed by atoms with Gasteiger partial charge < -0.3 is 5.32 Å². The lowest BCUT2D eigenvalue weighted by molar-refractivity contribution is 0.533. The molecule has 2 nitrogen and oxygen atoms in total. The fourth-order valence-electron chi connectivity index (χ4n) is 1.57. The van der Waals surface area contributed by atoms with Gasteiger partial charge in [-0.1, -0.05) is 6.92 Å². The van der Waals surface area contributed by atoms with Crippen molar-refractivity contribution >= 4 is 27.3 Å². The molecule has 1 aliphatic carbocycles. The molecule has 1 fully saturated rings. The van der Waals surface area contributed by atoms with Gasteiger partial charge in [-0.3, -0.25) is 0 Å². The minimum absolute atomic E-state index is 0.388. The quantitative estimate of drug-likeness (QED) is 0.912. The van der Waals surface area contributed by atoms with Gasteiger partial charge >= 0.3 is 0 Å². The lowest BCUT2D eigenvalue weighted by Crippen LogP contribution is -2.21. The van der Waals surface area contributed by atoms with E-state index in [1.165, 1.54) is 11.4 Å². The summed E-state index contributed by atoms with van der Waals surface area (Å²) in [5, 5.41) is 4.70. The van der Waals surface area contributed by atoms with Crippen molar-refractivity contribution in [2.24, 2.45) is 11.8 Å². The Bertz CT molecular complexity index is 313. The minimum atomic E-state index is 0.388. The molecule has 0 bridgehead atoms. The monoisotopic (exact) mass is 274 g/mol. The Morgan fingerprint density at radius 3 is 3.00 bits per heavy atom. The van der Waals surface area contributed by atoms with Gasteiger partial charge in [-0.05, 0) is 47.7 Å². The lowest BCUT2D eigenvalue weighted by atomic mass is 10.3. The summed E-state index contributed by atoms with van der Waals surface area (Å²) in [5.74, 6) is 1.83. The average Bonchev–Trinajstić information content (AvgIpc) is 2.66. The Balaban J connectivity index is 1.80. The number of thiazole rings is 1. The summed E-state index contributed by atoms with van der Waals surface area (Å²) in [4.78, 5) is 4.34. The van der Waals surface area contributed by atoms with Gasteiger partial charge in [0.1, 0.15) is 5.01 Å². The van der Waals surface area contributed by atoms with Crippen molar-refractivity contribution in [3.8, 4) is 0 Å². The highest BCUT2D eigenvalue weighted by Gasteiger charge is 2.32. The Hall–Kier alpha value is 0.0700. The molecule has 0 amide bonds. The fourth-order valence-corrected chi connectivity index (χ4v) is 2.84. The Morgan fingerprint density at radius 2 is 2.50 bits per heavy atom. The second-order valence-corrected chi connectivity index (χ2v) is 6.55. The molecule has 1 saturated carbocycles. The number of hydrogen-bond donors (Lipinski definition) is 1. The van der Waals surface area contributed by atoms with Crippen LogP contribution in [0.2, 0.25) is 0 Å². The lowest BCUT2D eigenvalue weighted by Gasteiger charge is -2.10. The van der Waals surface area contributed by atoms with Crippen molar-refractivity contribution in [3.05, 3.63) is 15.0 Å². The Labute approximate surface area is 97.3 Å². The third kappa shape index (κ3) is 2.55. The van der Waals surface area contributed by atoms with Crippen LogP contribution in [0.15, 0.2) is 9.98 Å². The van der Waals surface area contributed by atoms with Crippen molar-refractivity contribution < 1.29 is 0 Å². The van der Waals surface area contributed by atoms with Crippen LogP contribution >= 0.6 is 27.3 Å². The molecule has 0 radical (unpaired) electrons. The summed E-state index contributed by atoms with van der Waals surface area (Å²) in [6, 6.07) is 0.388. The van der Waals surface area contributed by atoms with E-state index in [-0.39, 0.29) is 0 Å². The predicted molar refractivity (Wildman–Crippen MR) is 63.5 cm³/mol. The van der Waals surface area contributed by atoms with E-state index in [1.54, 1.807) is 11.3 Å². The Morgan fingerprint density at radius 1 is 1.79 bits per heavy atom. The van der Waals surface area contributed by atoms with E-state index in [0.717, 1.165) is 22.2 Å². The molecule has 3 atom stereocenters. The van der Waals surface area contributed by atoms with Crippen LogP contribution in [0.4, 0.5) is 0 Å². The molecule has 0 saturated heterocycles. The van der Waals surface area contributed by atoms with E-state index in [1.807, 2.05) is 6.20 Å². The van der Waals surface area contributed by atoms with E-state index < -0.39 is 0 Å². The first kappa shape index (κ1) is 10.6. The molecule has 4 heteroatoms. The largest absolute Gasteiger partial charge is 0.308 e. The average molecular weight is 275 g/mol. The van der Waals surface area contributed by atoms with Gasteiger partial charge in [0.25, 0.3) is 0 Å². The van der Waals surface area contributed by atoms with Crippen molar-refractivity contribution in [3.63, 3.8) is 0 Å². The summed E-state index contributed by atoms with van der Waals surface area (Å²) >= 11 is 5.14. The smallest absolute Gasteiger partial charge is 0.110 e. The van der Waals surface area contributed by atoms with Crippen LogP contribution in [-0.4, -0.2) is 11.5 Å². The zero-order valence-corrected chi connectivity index (χ0v) is 10.9. The molecule has 1 aliphatic rings. The van der Waals surface area contributed by atoms with Gasteiger partial charge in [0, 0.05) is 0 Å². The summed E-state index contributed by atoms with van der Waals surface area (Å²) < 4.78 is 1.11. The van der Waals surface area contributed by atoms with Gasteiger partial charge in [-0.2, -0.15) is 0 Å². The number of rotatable bonds is 4. The van der Waals surface area contributed by atoms with Gasteiger partial charge in [-0.25, -0.2) is 4.98 Å². The summed E-state index contributed by atoms with van der Waals surface area (Å²) in [6.07, 6.45) is 3.26. The topological polar surface area (TPSA) is 24.9 Å². The predicted octanol–water partition coefficient (Wildman–Crippen LogP) is 3.21. The number of hydrogen-bond acceptors (Lipinski definition) is 3. The first-order valence-corrected chi connectivity index (χ1v) is 6.62. The Kier molecular flexibility index (Phi) is 3.24. The minimum Gasteiger partial charge on any atom is -0.308 e. The summed E-state index contributed by atoms with van der Waals surface area (Å²) in [6.45, 7) is 5.63. The van der Waals surface area contributed by atoms with Crippen LogP contribution < -0.4 is 5.32 Å². The van der Waals surface area contributed by atoms with Gasteiger partial charge in [0.15, 0.2) is 0 Å². The van der Waals surface area contributed by atoms with E-state index >= 15 is 0 Å². The maximum absolute atomic E-state index is 4.34. The molecule has 1 heterocycles. The summed E-state index contributed by atoms with van der Waals surface area (Å²) in [7, 11) is 0. The third-order valence-electron chi connectivity index (χ3n) is 2.83. The van der Waals surface area contributed by atoms with E-state index in [0.29, 0.717) is 6.04 Å². The second kappa shape index (κ2) is 4.29. The molecular weight excluding hydrogens is 260 g/mol. The SMILES string of the molecule is CC(NCC1CC1C)c1ncc(Br)s1. The van der Waals surface area contributed by atoms with Crippen LogP contribution in [0.3, 0.4) is 0 Å². The van der Waals surface area contributed by atoms with Crippen LogP contribution in [-0.2, 0) is 0 Å². The standard InChI is InChI=1S/C10H15BrN2S/c1-6-3-8(6)4-12-7(2)10-13-5-9(11)14-10/h5-8,12H,3-4H2,1-2H3. The van der Waals surface area contributed by atoms with E-state index in [9.17, 15) is 0 Å². The first-order valence-electron chi connectivity index (χ1n) is 5.01. The first-order chi connectivity index (χ1) is 6.66. The van der Waals surface area contributed by atoms with Crippen molar-refractivity contribution in [2.45, 2.75) is 26.3 Å². The molecular formula is C10H15BrN2S. The highest BCUT2D eigenvalue weighted by Crippen LogP contribution is 2.37. The molecule has 0 aromatic carbocycles. The van der Waals surface area contributed by atoms with Crippen LogP contribution in [0.25, 0.3) is 0 Å². The molecule has 78 valence electrons. The number of halogens is 1. The van der Waals surface area contributed by atoms with Gasteiger partial charge in [-0.15, -0.1) is 11.3 Å². The van der Waals surface area contributed by atoms with E-state index in [2.05, 4.69) is 40.1 Å². The molecule has 0 spiro atoms. The number of nitrogens with one attached hydrogen (secondary N) is 1. The molecule has 3 unspecified atom stereocenters. The number of aromatic nitrogens is 1. The molecule has 2 rings (SSSR count). The van der Waals surface area contributed by atoms with E-state index in [4.69, 9.17) is 0 Å². The molecule has 14 heavy (non-hydrogen) atoms. The molecule has 1 aromatic rings. The fraction of sp³-hybridized carbons (Fsp3) is 0.700. The zero-order valence-electron chi connectivity index (χ0n) is 8.46. The van der Waals surface area contributed by atoms with Crippen molar-refractivity contribution in [1.82, 2.24) is 10.3 Å². The van der Waals surface area contributed by atoms with Crippen LogP contribution in [0.1, 0.15) is 31.3 Å². The highest BCUT2D eigenvalue weighted by atomic mass is 79.9. The zero-order chi connectivity index (χ0) is 10.1. The normalized spacial score (nSPS) is 27.6. The molecule has 1 N–H and O–H groups in total. The van der Waals surface area contributed by atoms with Crippen LogP contribution in [0, 0.1) is 11.8 Å². The molecule has 0 aliphatic heterocycles. The highest BCUT2D eigenvalue weighted by molar-refractivity contribution is 9.11. The van der Waals surface area contributed by atoms with Crippen molar-refractivity contribution in [2.75, 3.05) is 6.54 Å². The summed E-state index contributed by atoms with van der Waals surface area (Å²) in [5.41, 5.74) is 0. The maximum Gasteiger partial charge on any atom is 0.110 e. The van der Waals surface area contributed by atoms with Gasteiger partial charge in [0.2, 0.25) is 0 Å². The second-order valence-electron chi connectivity index (χ2n) is 4.11. The van der Waals surface area contributed by atoms with Gasteiger partial charge in [0.05, 0.1) is 16.0 Å². The van der Waals surface area contributed by atoms with Crippen LogP contribution in [0.5, 0.6) is 0 Å². The third-order valence-corrected chi connectivity index (χ3v) is 4.49. The number of nitrogens with zero attached hydrogens (tertiary/aromatic N) is 1. The maximum atomic E-state index is 4.34. The molecule has 1 aromatic heterocycles. The van der Waals surface area contributed by atoms with Crippen molar-refractivity contribution in [1.29, 1.82) is 0 Å².